The van der Waals surface area contributed by atoms with E-state index < -0.39 is 0 Å². The zero-order chi connectivity index (χ0) is 7.84. The van der Waals surface area contributed by atoms with Gasteiger partial charge in [0.15, 0.2) is 5.78 Å². The van der Waals surface area contributed by atoms with Gasteiger partial charge in [-0.1, -0.05) is 0 Å². The van der Waals surface area contributed by atoms with Crippen LogP contribution in [0.4, 0.5) is 0 Å². The summed E-state index contributed by atoms with van der Waals surface area (Å²) in [5.74, 6) is 0.755. The molecule has 0 aromatic rings. The van der Waals surface area contributed by atoms with E-state index in [4.69, 9.17) is 0 Å². The molecule has 2 rings (SSSR count). The number of thioether (sulfide) groups is 1. The van der Waals surface area contributed by atoms with Crippen LogP contribution in [0.1, 0.15) is 0 Å². The fourth-order valence-electron chi connectivity index (χ4n) is 1.13. The largest absolute Gasteiger partial charge is 0.361 e. The molecule has 0 unspecified atom stereocenters. The Morgan fingerprint density at radius 1 is 1.73 bits per heavy atom. The van der Waals surface area contributed by atoms with Crippen molar-refractivity contribution in [2.75, 3.05) is 19.3 Å². The summed E-state index contributed by atoms with van der Waals surface area (Å²) < 4.78 is 0. The molecule has 0 bridgehead atoms. The van der Waals surface area contributed by atoms with Crippen LogP contribution in [0.15, 0.2) is 15.6 Å². The van der Waals surface area contributed by atoms with Crippen LogP contribution >= 0.6 is 11.8 Å². The monoisotopic (exact) mass is 168 g/mol. The van der Waals surface area contributed by atoms with Gasteiger partial charge in [0.05, 0.1) is 18.6 Å². The Morgan fingerprint density at radius 3 is 3.36 bits per heavy atom. The van der Waals surface area contributed by atoms with Crippen molar-refractivity contribution >= 4 is 23.9 Å². The number of hydrogen-bond donors (Lipinski definition) is 0. The number of allylic oxidation sites excluding steroid dienone is 1. The molecule has 11 heavy (non-hydrogen) atoms. The molecule has 0 aromatic carbocycles. The number of ketones is 1. The van der Waals surface area contributed by atoms with E-state index in [2.05, 4.69) is 4.99 Å². The molecule has 3 nitrogen and oxygen atoms in total. The predicted molar refractivity (Wildman–Crippen MR) is 45.6 cm³/mol. The van der Waals surface area contributed by atoms with Crippen LogP contribution in [-0.4, -0.2) is 36.4 Å². The van der Waals surface area contributed by atoms with Gasteiger partial charge >= 0.3 is 0 Å². The minimum absolute atomic E-state index is 0.175. The van der Waals surface area contributed by atoms with E-state index in [1.807, 2.05) is 11.9 Å². The average Bonchev–Trinajstić information content (AvgIpc) is 2.32. The Kier molecular flexibility index (Phi) is 1.49. The lowest BCUT2D eigenvalue weighted by Crippen LogP contribution is -2.22. The minimum Gasteiger partial charge on any atom is -0.361 e. The van der Waals surface area contributed by atoms with Crippen molar-refractivity contribution in [1.82, 2.24) is 4.90 Å². The topological polar surface area (TPSA) is 32.7 Å². The first-order valence-electron chi connectivity index (χ1n) is 3.41. The summed E-state index contributed by atoms with van der Waals surface area (Å²) in [6, 6.07) is 0. The number of carbonyl (C=O) groups is 1. The summed E-state index contributed by atoms with van der Waals surface area (Å²) in [5, 5.41) is 0. The molecular formula is C7H8N2OS. The van der Waals surface area contributed by atoms with Crippen LogP contribution in [0.2, 0.25) is 0 Å². The molecule has 0 N–H and O–H groups in total. The van der Waals surface area contributed by atoms with Crippen LogP contribution in [0, 0.1) is 0 Å². The summed E-state index contributed by atoms with van der Waals surface area (Å²) in [5.41, 5.74) is 0.688. The van der Waals surface area contributed by atoms with Crippen molar-refractivity contribution in [3.63, 3.8) is 0 Å². The molecular weight excluding hydrogens is 160 g/mol. The fraction of sp³-hybridized carbons (Fsp3) is 0.429. The normalized spacial score (nSPS) is 23.0. The van der Waals surface area contributed by atoms with Crippen LogP contribution in [0.5, 0.6) is 0 Å². The molecule has 58 valence electrons. The highest BCUT2D eigenvalue weighted by molar-refractivity contribution is 8.04. The van der Waals surface area contributed by atoms with Gasteiger partial charge in [0.25, 0.3) is 0 Å². The van der Waals surface area contributed by atoms with E-state index in [9.17, 15) is 4.79 Å². The first-order valence-corrected chi connectivity index (χ1v) is 4.39. The van der Waals surface area contributed by atoms with Gasteiger partial charge < -0.3 is 4.90 Å². The quantitative estimate of drug-likeness (QED) is 0.527. The molecule has 0 saturated carbocycles. The van der Waals surface area contributed by atoms with Gasteiger partial charge in [-0.3, -0.25) is 4.79 Å². The Labute approximate surface area is 69.2 Å². The summed E-state index contributed by atoms with van der Waals surface area (Å²) in [4.78, 5) is 18.3. The molecule has 0 radical (unpaired) electrons. The Balaban J connectivity index is 2.32. The SMILES string of the molecule is CN1C=NC2=C(C1)SCC2=O. The zero-order valence-electron chi connectivity index (χ0n) is 6.20. The number of rotatable bonds is 0. The molecule has 0 aromatic heterocycles. The number of nitrogens with zero attached hydrogens (tertiary/aromatic N) is 2. The van der Waals surface area contributed by atoms with E-state index in [0.29, 0.717) is 11.4 Å². The van der Waals surface area contributed by atoms with Crippen molar-refractivity contribution in [1.29, 1.82) is 0 Å². The van der Waals surface area contributed by atoms with Gasteiger partial charge in [-0.15, -0.1) is 11.8 Å². The highest BCUT2D eigenvalue weighted by atomic mass is 32.2. The van der Waals surface area contributed by atoms with E-state index in [1.165, 1.54) is 0 Å². The third-order valence-electron chi connectivity index (χ3n) is 1.68. The number of Topliss-reactive ketones (excluding diaryl/α,β-unsaturated/α-hetero) is 1. The number of likely N-dealkylation sites (N-methyl/N-ethyl adjacent to an activating group) is 1. The maximum absolute atomic E-state index is 11.1. The lowest BCUT2D eigenvalue weighted by Gasteiger charge is -2.17. The lowest BCUT2D eigenvalue weighted by atomic mass is 10.3. The number of hydrogen-bond acceptors (Lipinski definition) is 4. The zero-order valence-corrected chi connectivity index (χ0v) is 7.02. The molecule has 2 aliphatic heterocycles. The van der Waals surface area contributed by atoms with E-state index >= 15 is 0 Å². The van der Waals surface area contributed by atoms with Gasteiger partial charge in [0, 0.05) is 12.0 Å². The van der Waals surface area contributed by atoms with Crippen molar-refractivity contribution in [3.05, 3.63) is 10.6 Å². The van der Waals surface area contributed by atoms with Gasteiger partial charge in [-0.05, 0) is 0 Å². The molecule has 4 heteroatoms. The van der Waals surface area contributed by atoms with Gasteiger partial charge in [0.1, 0.15) is 5.70 Å². The Hall–Kier alpha value is -0.770. The Morgan fingerprint density at radius 2 is 2.55 bits per heavy atom. The molecule has 0 amide bonds. The minimum atomic E-state index is 0.175. The first-order chi connectivity index (χ1) is 5.27. The fourth-order valence-corrected chi connectivity index (χ4v) is 2.17. The van der Waals surface area contributed by atoms with Crippen molar-refractivity contribution in [2.24, 2.45) is 4.99 Å². The van der Waals surface area contributed by atoms with Crippen LogP contribution in [0.25, 0.3) is 0 Å². The van der Waals surface area contributed by atoms with Crippen molar-refractivity contribution in [3.8, 4) is 0 Å². The third kappa shape index (κ3) is 1.07. The highest BCUT2D eigenvalue weighted by Gasteiger charge is 2.25. The summed E-state index contributed by atoms with van der Waals surface area (Å²) >= 11 is 1.61. The second-order valence-corrected chi connectivity index (χ2v) is 3.71. The second kappa shape index (κ2) is 2.37. The van der Waals surface area contributed by atoms with Gasteiger partial charge in [0.2, 0.25) is 0 Å². The molecule has 0 spiro atoms. The second-order valence-electron chi connectivity index (χ2n) is 2.64. The maximum Gasteiger partial charge on any atom is 0.192 e. The molecule has 2 heterocycles. The van der Waals surface area contributed by atoms with Gasteiger partial charge in [-0.2, -0.15) is 0 Å². The van der Waals surface area contributed by atoms with Crippen LogP contribution in [-0.2, 0) is 4.79 Å². The number of aliphatic imine (C=N–C) groups is 1. The van der Waals surface area contributed by atoms with Gasteiger partial charge in [-0.25, -0.2) is 4.99 Å². The van der Waals surface area contributed by atoms with E-state index in [-0.39, 0.29) is 5.78 Å². The smallest absolute Gasteiger partial charge is 0.192 e. The predicted octanol–water partition coefficient (Wildman–Crippen LogP) is 0.488. The summed E-state index contributed by atoms with van der Waals surface area (Å²) in [6.45, 7) is 0.842. The molecule has 0 atom stereocenters. The maximum atomic E-state index is 11.1. The first kappa shape index (κ1) is 6.91. The summed E-state index contributed by atoms with van der Waals surface area (Å²) in [6.07, 6.45) is 1.71. The van der Waals surface area contributed by atoms with Crippen molar-refractivity contribution in [2.45, 2.75) is 0 Å². The molecule has 0 saturated heterocycles. The van der Waals surface area contributed by atoms with Crippen LogP contribution in [0.3, 0.4) is 0 Å². The van der Waals surface area contributed by atoms with Crippen molar-refractivity contribution < 1.29 is 4.79 Å². The molecule has 2 aliphatic rings. The third-order valence-corrected chi connectivity index (χ3v) is 2.76. The molecule has 0 aliphatic carbocycles. The highest BCUT2D eigenvalue weighted by Crippen LogP contribution is 2.31. The van der Waals surface area contributed by atoms with E-state index in [1.54, 1.807) is 18.1 Å². The average molecular weight is 168 g/mol. The van der Waals surface area contributed by atoms with E-state index in [0.717, 1.165) is 11.4 Å². The summed E-state index contributed by atoms with van der Waals surface area (Å²) in [7, 11) is 1.95. The van der Waals surface area contributed by atoms with Crippen LogP contribution < -0.4 is 0 Å². The number of carbonyl (C=O) groups excluding carboxylic acids is 1. The lowest BCUT2D eigenvalue weighted by molar-refractivity contribution is -0.113. The molecule has 0 fully saturated rings. The Bertz CT molecular complexity index is 270. The standard InChI is InChI=1S/C7H8N2OS/c1-9-2-6-7(8-4-9)5(10)3-11-6/h4H,2-3H2,1H3.